The predicted octanol–water partition coefficient (Wildman–Crippen LogP) is 2.20. The molecule has 1 saturated heterocycles. The molecular weight excluding hydrogens is 248 g/mol. The summed E-state index contributed by atoms with van der Waals surface area (Å²) in [5.74, 6) is 0. The van der Waals surface area contributed by atoms with Gasteiger partial charge in [-0.25, -0.2) is 0 Å². The Morgan fingerprint density at radius 3 is 2.89 bits per heavy atom. The molecule has 18 heavy (non-hydrogen) atoms. The molecule has 0 aromatic heterocycles. The van der Waals surface area contributed by atoms with Crippen LogP contribution in [-0.2, 0) is 0 Å². The minimum Gasteiger partial charge on any atom is -0.396 e. The largest absolute Gasteiger partial charge is 0.396 e. The molecule has 0 amide bonds. The molecule has 2 unspecified atom stereocenters. The Kier molecular flexibility index (Phi) is 4.49. The van der Waals surface area contributed by atoms with E-state index in [4.69, 9.17) is 16.7 Å². The zero-order chi connectivity index (χ0) is 13.1. The molecular formula is C14H21ClN2O. The van der Waals surface area contributed by atoms with Gasteiger partial charge in [-0.3, -0.25) is 0 Å². The number of benzene rings is 1. The monoisotopic (exact) mass is 268 g/mol. The number of rotatable bonds is 3. The van der Waals surface area contributed by atoms with Crippen LogP contribution < -0.4 is 10.2 Å². The van der Waals surface area contributed by atoms with Crippen LogP contribution in [0.1, 0.15) is 18.9 Å². The molecule has 0 saturated carbocycles. The van der Waals surface area contributed by atoms with Crippen LogP contribution in [0.25, 0.3) is 0 Å². The standard InChI is InChI=1S/C14H21ClN2O/c1-10-3-4-13(7-14(10)15)17-8-11(2)16-12(9-17)5-6-18/h3-4,7,11-12,16,18H,5-6,8-9H2,1-2H3. The van der Waals surface area contributed by atoms with Gasteiger partial charge in [0.05, 0.1) is 0 Å². The van der Waals surface area contributed by atoms with E-state index in [1.807, 2.05) is 13.0 Å². The van der Waals surface area contributed by atoms with E-state index >= 15 is 0 Å². The Morgan fingerprint density at radius 2 is 2.22 bits per heavy atom. The van der Waals surface area contributed by atoms with Crippen LogP contribution in [0.5, 0.6) is 0 Å². The smallest absolute Gasteiger partial charge is 0.0455 e. The summed E-state index contributed by atoms with van der Waals surface area (Å²) < 4.78 is 0. The molecule has 100 valence electrons. The molecule has 1 aromatic rings. The first-order valence-electron chi connectivity index (χ1n) is 6.48. The zero-order valence-corrected chi connectivity index (χ0v) is 11.7. The summed E-state index contributed by atoms with van der Waals surface area (Å²) in [6.45, 7) is 6.31. The van der Waals surface area contributed by atoms with Crippen LogP contribution in [0.3, 0.4) is 0 Å². The number of aryl methyl sites for hydroxylation is 1. The molecule has 1 heterocycles. The lowest BCUT2D eigenvalue weighted by molar-refractivity contribution is 0.250. The van der Waals surface area contributed by atoms with E-state index in [-0.39, 0.29) is 6.61 Å². The molecule has 1 aliphatic rings. The number of halogens is 1. The van der Waals surface area contributed by atoms with E-state index in [9.17, 15) is 0 Å². The normalized spacial score (nSPS) is 24.3. The van der Waals surface area contributed by atoms with E-state index in [1.54, 1.807) is 0 Å². The van der Waals surface area contributed by atoms with Crippen LogP contribution >= 0.6 is 11.6 Å². The van der Waals surface area contributed by atoms with Crippen molar-refractivity contribution >= 4 is 17.3 Å². The average Bonchev–Trinajstić information content (AvgIpc) is 2.32. The van der Waals surface area contributed by atoms with Crippen LogP contribution in [-0.4, -0.2) is 36.9 Å². The summed E-state index contributed by atoms with van der Waals surface area (Å²) in [5, 5.41) is 13.4. The highest BCUT2D eigenvalue weighted by atomic mass is 35.5. The summed E-state index contributed by atoms with van der Waals surface area (Å²) in [4.78, 5) is 2.34. The molecule has 0 radical (unpaired) electrons. The van der Waals surface area contributed by atoms with Gasteiger partial charge in [-0.2, -0.15) is 0 Å². The van der Waals surface area contributed by atoms with Crippen molar-refractivity contribution in [2.24, 2.45) is 0 Å². The molecule has 4 heteroatoms. The van der Waals surface area contributed by atoms with E-state index < -0.39 is 0 Å². The average molecular weight is 269 g/mol. The number of hydrogen-bond acceptors (Lipinski definition) is 3. The van der Waals surface area contributed by atoms with Gasteiger partial charge in [-0.15, -0.1) is 0 Å². The summed E-state index contributed by atoms with van der Waals surface area (Å²) in [5.41, 5.74) is 2.28. The number of anilines is 1. The highest BCUT2D eigenvalue weighted by Crippen LogP contribution is 2.25. The van der Waals surface area contributed by atoms with Gasteiger partial charge in [-0.05, 0) is 38.0 Å². The molecule has 1 fully saturated rings. The first-order valence-corrected chi connectivity index (χ1v) is 6.86. The number of nitrogens with zero attached hydrogens (tertiary/aromatic N) is 1. The van der Waals surface area contributed by atoms with E-state index in [0.717, 1.165) is 30.1 Å². The highest BCUT2D eigenvalue weighted by molar-refractivity contribution is 6.31. The molecule has 2 N–H and O–H groups in total. The van der Waals surface area contributed by atoms with Gasteiger partial charge in [0, 0.05) is 42.5 Å². The van der Waals surface area contributed by atoms with Crippen molar-refractivity contribution < 1.29 is 5.11 Å². The van der Waals surface area contributed by atoms with Gasteiger partial charge in [0.2, 0.25) is 0 Å². The molecule has 0 spiro atoms. The third kappa shape index (κ3) is 3.16. The fraction of sp³-hybridized carbons (Fsp3) is 0.571. The predicted molar refractivity (Wildman–Crippen MR) is 76.5 cm³/mol. The summed E-state index contributed by atoms with van der Waals surface area (Å²) in [7, 11) is 0. The molecule has 3 nitrogen and oxygen atoms in total. The van der Waals surface area contributed by atoms with Gasteiger partial charge in [0.15, 0.2) is 0 Å². The van der Waals surface area contributed by atoms with E-state index in [0.29, 0.717) is 12.1 Å². The lowest BCUT2D eigenvalue weighted by Gasteiger charge is -2.39. The van der Waals surface area contributed by atoms with Crippen molar-refractivity contribution in [3.63, 3.8) is 0 Å². The quantitative estimate of drug-likeness (QED) is 0.882. The summed E-state index contributed by atoms with van der Waals surface area (Å²) >= 11 is 6.18. The SMILES string of the molecule is Cc1ccc(N2CC(C)NC(CCO)C2)cc1Cl. The zero-order valence-electron chi connectivity index (χ0n) is 11.0. The van der Waals surface area contributed by atoms with Gasteiger partial charge >= 0.3 is 0 Å². The number of nitrogens with one attached hydrogen (secondary N) is 1. The van der Waals surface area contributed by atoms with E-state index in [2.05, 4.69) is 29.3 Å². The third-order valence-corrected chi connectivity index (χ3v) is 3.86. The van der Waals surface area contributed by atoms with Crippen molar-refractivity contribution in [3.8, 4) is 0 Å². The number of piperazine rings is 1. The van der Waals surface area contributed by atoms with Crippen molar-refractivity contribution in [3.05, 3.63) is 28.8 Å². The first-order chi connectivity index (χ1) is 8.60. The first kappa shape index (κ1) is 13.7. The van der Waals surface area contributed by atoms with Crippen molar-refractivity contribution in [2.75, 3.05) is 24.6 Å². The second-order valence-electron chi connectivity index (χ2n) is 5.12. The number of aliphatic hydroxyl groups excluding tert-OH is 1. The Hall–Kier alpha value is -0.770. The minimum atomic E-state index is 0.229. The third-order valence-electron chi connectivity index (χ3n) is 3.45. The summed E-state index contributed by atoms with van der Waals surface area (Å²) in [6, 6.07) is 6.99. The number of hydrogen-bond donors (Lipinski definition) is 2. The Morgan fingerprint density at radius 1 is 1.44 bits per heavy atom. The van der Waals surface area contributed by atoms with Crippen LogP contribution in [0.15, 0.2) is 18.2 Å². The van der Waals surface area contributed by atoms with Crippen LogP contribution in [0.2, 0.25) is 5.02 Å². The maximum absolute atomic E-state index is 9.06. The molecule has 2 rings (SSSR count). The van der Waals surface area contributed by atoms with Gasteiger partial charge < -0.3 is 15.3 Å². The summed E-state index contributed by atoms with van der Waals surface area (Å²) in [6.07, 6.45) is 0.792. The van der Waals surface area contributed by atoms with Gasteiger partial charge in [0.1, 0.15) is 0 Å². The molecule has 2 atom stereocenters. The second kappa shape index (κ2) is 5.91. The van der Waals surface area contributed by atoms with E-state index in [1.165, 1.54) is 5.69 Å². The molecule has 0 bridgehead atoms. The van der Waals surface area contributed by atoms with Gasteiger partial charge in [0.25, 0.3) is 0 Å². The van der Waals surface area contributed by atoms with Gasteiger partial charge in [-0.1, -0.05) is 17.7 Å². The lowest BCUT2D eigenvalue weighted by Crippen LogP contribution is -2.55. The van der Waals surface area contributed by atoms with Crippen molar-refractivity contribution in [1.29, 1.82) is 0 Å². The maximum Gasteiger partial charge on any atom is 0.0455 e. The van der Waals surface area contributed by atoms with Crippen molar-refractivity contribution in [1.82, 2.24) is 5.32 Å². The minimum absolute atomic E-state index is 0.229. The number of aliphatic hydroxyl groups is 1. The van der Waals surface area contributed by atoms with Crippen LogP contribution in [0.4, 0.5) is 5.69 Å². The Balaban J connectivity index is 2.13. The molecule has 0 aliphatic carbocycles. The maximum atomic E-state index is 9.06. The molecule has 1 aliphatic heterocycles. The highest BCUT2D eigenvalue weighted by Gasteiger charge is 2.23. The van der Waals surface area contributed by atoms with Crippen LogP contribution in [0, 0.1) is 6.92 Å². The Bertz CT molecular complexity index is 411. The lowest BCUT2D eigenvalue weighted by atomic mass is 10.1. The molecule has 1 aromatic carbocycles. The fourth-order valence-electron chi connectivity index (χ4n) is 2.50. The van der Waals surface area contributed by atoms with Crippen molar-refractivity contribution in [2.45, 2.75) is 32.4 Å². The Labute approximate surface area is 114 Å². The fourth-order valence-corrected chi connectivity index (χ4v) is 2.67. The topological polar surface area (TPSA) is 35.5 Å². The second-order valence-corrected chi connectivity index (χ2v) is 5.52.